The Morgan fingerprint density at radius 2 is 1.85 bits per heavy atom. The van der Waals surface area contributed by atoms with Crippen LogP contribution >= 0.6 is 11.3 Å². The van der Waals surface area contributed by atoms with E-state index in [2.05, 4.69) is 18.8 Å². The van der Waals surface area contributed by atoms with E-state index < -0.39 is 0 Å². The number of nitrogen functional groups attached to an aromatic ring is 1. The lowest BCUT2D eigenvalue weighted by molar-refractivity contribution is -0.105. The van der Waals surface area contributed by atoms with Gasteiger partial charge in [0.2, 0.25) is 0 Å². The summed E-state index contributed by atoms with van der Waals surface area (Å²) in [4.78, 5) is 5.47. The van der Waals surface area contributed by atoms with Crippen molar-refractivity contribution in [1.29, 1.82) is 0 Å². The van der Waals surface area contributed by atoms with E-state index in [-0.39, 0.29) is 11.2 Å². The van der Waals surface area contributed by atoms with E-state index in [0.29, 0.717) is 5.13 Å². The number of anilines is 1. The Bertz CT molecular complexity index is 323. The zero-order valence-electron chi connectivity index (χ0n) is 8.34. The van der Waals surface area contributed by atoms with Crippen molar-refractivity contribution in [1.82, 2.24) is 4.98 Å². The molecule has 2 heterocycles. The number of hydrogen-bond donors (Lipinski definition) is 1. The highest BCUT2D eigenvalue weighted by molar-refractivity contribution is 7.15. The molecule has 0 fully saturated rings. The fourth-order valence-corrected chi connectivity index (χ4v) is 2.91. The summed E-state index contributed by atoms with van der Waals surface area (Å²) < 4.78 is 5.89. The fourth-order valence-electron chi connectivity index (χ4n) is 1.89. The summed E-state index contributed by atoms with van der Waals surface area (Å²) in [7, 11) is 0. The minimum atomic E-state index is -0.299. The molecule has 1 aliphatic heterocycles. The predicted molar refractivity (Wildman–Crippen MR) is 53.7 cm³/mol. The molecule has 0 saturated carbocycles. The second-order valence-electron chi connectivity index (χ2n) is 4.35. The van der Waals surface area contributed by atoms with Gasteiger partial charge in [0.15, 0.2) is 5.13 Å². The molecular weight excluding hydrogens is 184 g/mol. The topological polar surface area (TPSA) is 48.1 Å². The monoisotopic (exact) mass is 198 g/mol. The van der Waals surface area contributed by atoms with Crippen LogP contribution in [0.2, 0.25) is 0 Å². The molecule has 0 saturated heterocycles. The average Bonchev–Trinajstić information content (AvgIpc) is 2.34. The zero-order chi connectivity index (χ0) is 9.85. The maximum Gasteiger partial charge on any atom is 0.180 e. The van der Waals surface area contributed by atoms with Gasteiger partial charge in [0.1, 0.15) is 5.60 Å². The molecule has 2 rings (SSSR count). The largest absolute Gasteiger partial charge is 0.375 e. The van der Waals surface area contributed by atoms with Crippen molar-refractivity contribution < 1.29 is 4.74 Å². The number of fused-ring (bicyclic) bond motifs is 1. The van der Waals surface area contributed by atoms with E-state index >= 15 is 0 Å². The highest BCUT2D eigenvalue weighted by Gasteiger charge is 2.46. The standard InChI is InChI=1S/C9H14N2OS/c1-8(2)5-6(9(3,4)12-8)13-7(10)11-5/h1-4H3,(H2,10,11). The molecular formula is C9H14N2OS. The highest BCUT2D eigenvalue weighted by Crippen LogP contribution is 2.49. The number of rotatable bonds is 0. The summed E-state index contributed by atoms with van der Waals surface area (Å²) in [5, 5.41) is 0.634. The Hall–Kier alpha value is -0.610. The van der Waals surface area contributed by atoms with Gasteiger partial charge in [0.25, 0.3) is 0 Å². The minimum Gasteiger partial charge on any atom is -0.375 e. The Morgan fingerprint density at radius 3 is 2.38 bits per heavy atom. The predicted octanol–water partition coefficient (Wildman–Crippen LogP) is 2.23. The number of aromatic nitrogens is 1. The van der Waals surface area contributed by atoms with Gasteiger partial charge in [-0.1, -0.05) is 11.3 Å². The quantitative estimate of drug-likeness (QED) is 0.695. The van der Waals surface area contributed by atoms with Crippen LogP contribution in [0, 0.1) is 0 Å². The molecule has 2 N–H and O–H groups in total. The first-order chi connectivity index (χ1) is 5.83. The van der Waals surface area contributed by atoms with Crippen molar-refractivity contribution in [2.45, 2.75) is 38.9 Å². The van der Waals surface area contributed by atoms with Crippen LogP contribution in [0.25, 0.3) is 0 Å². The van der Waals surface area contributed by atoms with Crippen molar-refractivity contribution >= 4 is 16.5 Å². The molecule has 0 aromatic carbocycles. The van der Waals surface area contributed by atoms with Gasteiger partial charge in [0.05, 0.1) is 16.2 Å². The normalized spacial score (nSPS) is 23.1. The molecule has 3 nitrogen and oxygen atoms in total. The van der Waals surface area contributed by atoms with Gasteiger partial charge < -0.3 is 10.5 Å². The molecule has 72 valence electrons. The lowest BCUT2D eigenvalue weighted by atomic mass is 10.0. The first-order valence-electron chi connectivity index (χ1n) is 4.30. The summed E-state index contributed by atoms with van der Waals surface area (Å²) in [5.41, 5.74) is 6.14. The SMILES string of the molecule is CC1(C)OC(C)(C)c2sc(N)nc21. The number of nitrogens with two attached hydrogens (primary N) is 1. The van der Waals surface area contributed by atoms with E-state index in [1.807, 2.05) is 13.8 Å². The third kappa shape index (κ3) is 1.16. The van der Waals surface area contributed by atoms with Gasteiger partial charge in [0, 0.05) is 0 Å². The molecule has 1 aromatic rings. The lowest BCUT2D eigenvalue weighted by Gasteiger charge is -2.24. The molecule has 0 radical (unpaired) electrons. The van der Waals surface area contributed by atoms with Gasteiger partial charge in [-0.15, -0.1) is 0 Å². The van der Waals surface area contributed by atoms with Crippen LogP contribution in [0.3, 0.4) is 0 Å². The van der Waals surface area contributed by atoms with Gasteiger partial charge in [-0.2, -0.15) is 0 Å². The average molecular weight is 198 g/mol. The smallest absolute Gasteiger partial charge is 0.180 e. The molecule has 4 heteroatoms. The Morgan fingerprint density at radius 1 is 1.23 bits per heavy atom. The number of ether oxygens (including phenoxy) is 1. The molecule has 0 atom stereocenters. The van der Waals surface area contributed by atoms with Crippen LogP contribution in [0.4, 0.5) is 5.13 Å². The first-order valence-corrected chi connectivity index (χ1v) is 5.12. The minimum absolute atomic E-state index is 0.242. The Labute approximate surface area is 81.9 Å². The molecule has 0 amide bonds. The van der Waals surface area contributed by atoms with Crippen LogP contribution < -0.4 is 5.73 Å². The van der Waals surface area contributed by atoms with Gasteiger partial charge in [-0.05, 0) is 27.7 Å². The van der Waals surface area contributed by atoms with Crippen LogP contribution in [-0.4, -0.2) is 4.98 Å². The Balaban J connectivity index is 2.63. The van der Waals surface area contributed by atoms with Gasteiger partial charge in [-0.25, -0.2) is 4.98 Å². The summed E-state index contributed by atoms with van der Waals surface area (Å²) in [6.45, 7) is 8.16. The maximum atomic E-state index is 5.89. The third-order valence-electron chi connectivity index (χ3n) is 2.27. The molecule has 1 aromatic heterocycles. The molecule has 13 heavy (non-hydrogen) atoms. The van der Waals surface area contributed by atoms with E-state index in [0.717, 1.165) is 10.6 Å². The molecule has 0 bridgehead atoms. The van der Waals surface area contributed by atoms with Crippen molar-refractivity contribution in [3.63, 3.8) is 0 Å². The number of hydrogen-bond acceptors (Lipinski definition) is 4. The third-order valence-corrected chi connectivity index (χ3v) is 3.46. The van der Waals surface area contributed by atoms with Crippen molar-refractivity contribution in [3.05, 3.63) is 10.6 Å². The van der Waals surface area contributed by atoms with Gasteiger partial charge in [-0.3, -0.25) is 0 Å². The molecule has 0 aliphatic carbocycles. The maximum absolute atomic E-state index is 5.89. The molecule has 1 aliphatic rings. The van der Waals surface area contributed by atoms with E-state index in [1.54, 1.807) is 0 Å². The van der Waals surface area contributed by atoms with E-state index in [1.165, 1.54) is 11.3 Å². The van der Waals surface area contributed by atoms with Crippen LogP contribution in [0.5, 0.6) is 0 Å². The Kier molecular flexibility index (Phi) is 1.55. The zero-order valence-corrected chi connectivity index (χ0v) is 9.16. The van der Waals surface area contributed by atoms with E-state index in [9.17, 15) is 0 Å². The summed E-state index contributed by atoms with van der Waals surface area (Å²) in [6.07, 6.45) is 0. The van der Waals surface area contributed by atoms with Crippen LogP contribution in [0.15, 0.2) is 0 Å². The summed E-state index contributed by atoms with van der Waals surface area (Å²) in [5.74, 6) is 0. The van der Waals surface area contributed by atoms with Crippen molar-refractivity contribution in [2.24, 2.45) is 0 Å². The summed E-state index contributed by atoms with van der Waals surface area (Å²) in [6, 6.07) is 0. The fraction of sp³-hybridized carbons (Fsp3) is 0.667. The first kappa shape index (κ1) is 8.97. The van der Waals surface area contributed by atoms with Crippen molar-refractivity contribution in [2.75, 3.05) is 5.73 Å². The lowest BCUT2D eigenvalue weighted by Crippen LogP contribution is -2.23. The number of thiazole rings is 1. The summed E-state index contributed by atoms with van der Waals surface area (Å²) >= 11 is 1.53. The molecule has 0 unspecified atom stereocenters. The van der Waals surface area contributed by atoms with Crippen molar-refractivity contribution in [3.8, 4) is 0 Å². The second kappa shape index (κ2) is 2.25. The second-order valence-corrected chi connectivity index (χ2v) is 5.38. The number of nitrogens with zero attached hydrogens (tertiary/aromatic N) is 1. The van der Waals surface area contributed by atoms with Crippen LogP contribution in [-0.2, 0) is 15.9 Å². The highest BCUT2D eigenvalue weighted by atomic mass is 32.1. The molecule has 0 spiro atoms. The van der Waals surface area contributed by atoms with E-state index in [4.69, 9.17) is 10.5 Å². The van der Waals surface area contributed by atoms with Crippen LogP contribution in [0.1, 0.15) is 38.3 Å². The van der Waals surface area contributed by atoms with Gasteiger partial charge >= 0.3 is 0 Å².